The smallest absolute Gasteiger partial charge is 0.338 e. The third kappa shape index (κ3) is 5.96. The summed E-state index contributed by atoms with van der Waals surface area (Å²) in [5.41, 5.74) is 2.47. The molecule has 1 atom stereocenters. The van der Waals surface area contributed by atoms with Gasteiger partial charge in [-0.1, -0.05) is 47.2 Å². The molecule has 10 heteroatoms. The van der Waals surface area contributed by atoms with Gasteiger partial charge < -0.3 is 14.2 Å². The lowest BCUT2D eigenvalue weighted by Crippen LogP contribution is -2.39. The van der Waals surface area contributed by atoms with E-state index in [0.717, 1.165) is 5.56 Å². The summed E-state index contributed by atoms with van der Waals surface area (Å²) < 4.78 is 32.0. The largest absolute Gasteiger partial charge is 0.497 e. The Kier molecular flexibility index (Phi) is 8.37. The Morgan fingerprint density at radius 1 is 1.15 bits per heavy atom. The van der Waals surface area contributed by atoms with Gasteiger partial charge in [-0.05, 0) is 73.5 Å². The summed E-state index contributed by atoms with van der Waals surface area (Å²) in [6.07, 6.45) is 1.70. The van der Waals surface area contributed by atoms with E-state index < -0.39 is 12.0 Å². The molecule has 0 N–H and O–H groups in total. The predicted octanol–water partition coefficient (Wildman–Crippen LogP) is 5.18. The topological polar surface area (TPSA) is 79.1 Å². The minimum Gasteiger partial charge on any atom is -0.497 e. The van der Waals surface area contributed by atoms with Crippen molar-refractivity contribution >= 4 is 35.0 Å². The van der Waals surface area contributed by atoms with Crippen molar-refractivity contribution in [1.29, 1.82) is 0 Å². The summed E-state index contributed by atoms with van der Waals surface area (Å²) in [5.74, 6) is 0.216. The molecule has 0 radical (unpaired) electrons. The number of esters is 1. The number of allylic oxidation sites excluding steroid dienone is 1. The molecule has 7 nitrogen and oxygen atoms in total. The molecule has 0 spiro atoms. The van der Waals surface area contributed by atoms with Crippen LogP contribution in [0.1, 0.15) is 36.6 Å². The molecular weight excluding hydrogens is 567 g/mol. The number of fused-ring (bicyclic) bond motifs is 1. The van der Waals surface area contributed by atoms with Gasteiger partial charge in [-0.3, -0.25) is 9.36 Å². The Balaban J connectivity index is 1.62. The highest BCUT2D eigenvalue weighted by molar-refractivity contribution is 7.07. The number of nitrogens with zero attached hydrogens (tertiary/aromatic N) is 2. The van der Waals surface area contributed by atoms with Crippen molar-refractivity contribution in [2.24, 2.45) is 4.99 Å². The summed E-state index contributed by atoms with van der Waals surface area (Å²) in [6, 6.07) is 17.6. The van der Waals surface area contributed by atoms with E-state index in [1.54, 1.807) is 75.6 Å². The monoisotopic (exact) mass is 592 g/mol. The van der Waals surface area contributed by atoms with E-state index >= 15 is 0 Å². The lowest BCUT2D eigenvalue weighted by molar-refractivity contribution is -0.139. The van der Waals surface area contributed by atoms with Crippen LogP contribution in [0.3, 0.4) is 0 Å². The number of benzene rings is 3. The van der Waals surface area contributed by atoms with Crippen molar-refractivity contribution in [1.82, 2.24) is 4.57 Å². The second kappa shape index (κ2) is 12.1. The molecule has 41 heavy (non-hydrogen) atoms. The zero-order valence-corrected chi connectivity index (χ0v) is 24.1. The highest BCUT2D eigenvalue weighted by atomic mass is 35.5. The van der Waals surface area contributed by atoms with Gasteiger partial charge in [0.2, 0.25) is 0 Å². The number of rotatable bonds is 8. The third-order valence-corrected chi connectivity index (χ3v) is 7.71. The lowest BCUT2D eigenvalue weighted by Gasteiger charge is -2.25. The van der Waals surface area contributed by atoms with Gasteiger partial charge in [0.05, 0.1) is 35.6 Å². The minimum atomic E-state index is -0.767. The average molecular weight is 593 g/mol. The van der Waals surface area contributed by atoms with Crippen LogP contribution in [-0.4, -0.2) is 24.3 Å². The van der Waals surface area contributed by atoms with Crippen molar-refractivity contribution in [3.05, 3.63) is 125 Å². The van der Waals surface area contributed by atoms with Crippen molar-refractivity contribution in [2.45, 2.75) is 26.5 Å². The van der Waals surface area contributed by atoms with E-state index in [0.29, 0.717) is 42.7 Å². The van der Waals surface area contributed by atoms with Crippen LogP contribution in [0.15, 0.2) is 87.8 Å². The quantitative estimate of drug-likeness (QED) is 0.264. The number of methoxy groups -OCH3 is 1. The first-order chi connectivity index (χ1) is 19.8. The maximum absolute atomic E-state index is 14.0. The molecule has 0 saturated carbocycles. The van der Waals surface area contributed by atoms with Gasteiger partial charge in [0.1, 0.15) is 23.9 Å². The maximum atomic E-state index is 14.0. The first kappa shape index (κ1) is 28.3. The molecule has 4 aromatic rings. The summed E-state index contributed by atoms with van der Waals surface area (Å²) >= 11 is 7.50. The first-order valence-corrected chi connectivity index (χ1v) is 14.0. The fraction of sp³-hybridized carbons (Fsp3) is 0.194. The van der Waals surface area contributed by atoms with E-state index in [1.807, 2.05) is 6.07 Å². The molecule has 5 rings (SSSR count). The predicted molar refractivity (Wildman–Crippen MR) is 156 cm³/mol. The molecule has 0 bridgehead atoms. The molecule has 1 aliphatic heterocycles. The number of carbonyl (C=O) groups excluding carboxylic acids is 1. The van der Waals surface area contributed by atoms with E-state index in [1.165, 1.54) is 28.0 Å². The van der Waals surface area contributed by atoms with Crippen LogP contribution in [0.2, 0.25) is 5.02 Å². The summed E-state index contributed by atoms with van der Waals surface area (Å²) in [6.45, 7) is 3.83. The fourth-order valence-electron chi connectivity index (χ4n) is 4.57. The second-order valence-corrected chi connectivity index (χ2v) is 10.6. The molecule has 0 unspecified atom stereocenters. The molecule has 2 heterocycles. The Labute approximate surface area is 244 Å². The summed E-state index contributed by atoms with van der Waals surface area (Å²) in [7, 11) is 1.55. The summed E-state index contributed by atoms with van der Waals surface area (Å²) in [4.78, 5) is 32.1. The Morgan fingerprint density at radius 2 is 1.93 bits per heavy atom. The second-order valence-electron chi connectivity index (χ2n) is 9.18. The van der Waals surface area contributed by atoms with Gasteiger partial charge in [-0.2, -0.15) is 0 Å². The first-order valence-electron chi connectivity index (χ1n) is 12.8. The number of hydrogen-bond acceptors (Lipinski definition) is 7. The zero-order chi connectivity index (χ0) is 29.1. The SMILES string of the molecule is CCOC(=O)C1=C(C)N=c2s/c(=C\c3cc(Cl)ccc3OCc3ccc(F)cc3)c(=O)n2[C@@H]1c1cccc(OC)c1. The average Bonchev–Trinajstić information content (AvgIpc) is 3.26. The van der Waals surface area contributed by atoms with Gasteiger partial charge in [0.25, 0.3) is 5.56 Å². The number of ether oxygens (including phenoxy) is 3. The molecule has 210 valence electrons. The van der Waals surface area contributed by atoms with Crippen LogP contribution in [0, 0.1) is 5.82 Å². The Bertz CT molecular complexity index is 1830. The number of hydrogen-bond donors (Lipinski definition) is 0. The Hall–Kier alpha value is -4.21. The van der Waals surface area contributed by atoms with Crippen LogP contribution >= 0.6 is 22.9 Å². The molecule has 1 aromatic heterocycles. The zero-order valence-electron chi connectivity index (χ0n) is 22.5. The molecule has 0 amide bonds. The standard InChI is InChI=1S/C31H26ClFN2O5S/c1-4-39-30(37)27-18(2)34-31-35(28(27)20-6-5-7-24(15-20)38-3)29(36)26(41-31)16-21-14-22(32)10-13-25(21)40-17-19-8-11-23(33)12-9-19/h5-16,28H,4,17H2,1-3H3/b26-16-/t28-/m1/s1. The normalized spacial score (nSPS) is 14.9. The van der Waals surface area contributed by atoms with Crippen LogP contribution in [0.25, 0.3) is 6.08 Å². The molecule has 0 fully saturated rings. The minimum absolute atomic E-state index is 0.181. The van der Waals surface area contributed by atoms with Gasteiger partial charge >= 0.3 is 5.97 Å². The van der Waals surface area contributed by atoms with E-state index in [9.17, 15) is 14.0 Å². The summed E-state index contributed by atoms with van der Waals surface area (Å²) in [5, 5.41) is 0.466. The van der Waals surface area contributed by atoms with Crippen LogP contribution in [0.5, 0.6) is 11.5 Å². The van der Waals surface area contributed by atoms with Crippen molar-refractivity contribution in [3.63, 3.8) is 0 Å². The van der Waals surface area contributed by atoms with Gasteiger partial charge in [-0.25, -0.2) is 14.2 Å². The molecule has 3 aromatic carbocycles. The molecule has 1 aliphatic rings. The lowest BCUT2D eigenvalue weighted by atomic mass is 9.95. The van der Waals surface area contributed by atoms with Crippen LogP contribution < -0.4 is 24.4 Å². The number of carbonyl (C=O) groups is 1. The van der Waals surface area contributed by atoms with Crippen molar-refractivity contribution < 1.29 is 23.4 Å². The molecule has 0 saturated heterocycles. The van der Waals surface area contributed by atoms with Gasteiger partial charge in [0, 0.05) is 10.6 Å². The number of thiazole rings is 1. The van der Waals surface area contributed by atoms with Gasteiger partial charge in [0.15, 0.2) is 4.80 Å². The fourth-order valence-corrected chi connectivity index (χ4v) is 5.78. The molecular formula is C31H26ClFN2O5S. The highest BCUT2D eigenvalue weighted by Crippen LogP contribution is 2.32. The molecule has 0 aliphatic carbocycles. The van der Waals surface area contributed by atoms with Crippen LogP contribution in [-0.2, 0) is 16.1 Å². The van der Waals surface area contributed by atoms with E-state index in [2.05, 4.69) is 4.99 Å². The highest BCUT2D eigenvalue weighted by Gasteiger charge is 2.33. The van der Waals surface area contributed by atoms with Crippen LogP contribution in [0.4, 0.5) is 4.39 Å². The van der Waals surface area contributed by atoms with Crippen molar-refractivity contribution in [3.8, 4) is 11.5 Å². The maximum Gasteiger partial charge on any atom is 0.338 e. The number of halogens is 2. The third-order valence-electron chi connectivity index (χ3n) is 6.49. The van der Waals surface area contributed by atoms with E-state index in [-0.39, 0.29) is 30.2 Å². The van der Waals surface area contributed by atoms with Gasteiger partial charge in [-0.15, -0.1) is 0 Å². The number of aromatic nitrogens is 1. The Morgan fingerprint density at radius 3 is 2.66 bits per heavy atom. The van der Waals surface area contributed by atoms with E-state index in [4.69, 9.17) is 25.8 Å². The van der Waals surface area contributed by atoms with Crippen molar-refractivity contribution in [2.75, 3.05) is 13.7 Å².